The first-order valence-electron chi connectivity index (χ1n) is 6.84. The van der Waals surface area contributed by atoms with Gasteiger partial charge in [0.05, 0.1) is 6.54 Å². The van der Waals surface area contributed by atoms with Gasteiger partial charge < -0.3 is 10.6 Å². The van der Waals surface area contributed by atoms with Crippen molar-refractivity contribution < 1.29 is 4.79 Å². The maximum atomic E-state index is 12.7. The minimum Gasteiger partial charge on any atom is -0.399 e. The Hall–Kier alpha value is -1.81. The van der Waals surface area contributed by atoms with Crippen LogP contribution in [-0.2, 0) is 6.54 Å². The van der Waals surface area contributed by atoms with Gasteiger partial charge in [-0.05, 0) is 55.0 Å². The second-order valence-corrected chi connectivity index (χ2v) is 6.41. The Kier molecular flexibility index (Phi) is 3.49. The number of carbonyl (C=O) groups excluding carboxylic acids is 1. The molecule has 1 saturated carbocycles. The number of carbonyl (C=O) groups is 1. The minimum atomic E-state index is 0.0938. The third kappa shape index (κ3) is 2.85. The second-order valence-electron chi connectivity index (χ2n) is 5.38. The molecule has 1 aliphatic rings. The standard InChI is InChI=1S/C16H18N2OS/c1-11-7-12(9-13(17)8-11)16(19)18(14-4-5-14)10-15-3-2-6-20-15/h2-3,6-9,14H,4-5,10,17H2,1H3. The predicted molar refractivity (Wildman–Crippen MR) is 82.8 cm³/mol. The molecule has 20 heavy (non-hydrogen) atoms. The van der Waals surface area contributed by atoms with Crippen LogP contribution >= 0.6 is 11.3 Å². The highest BCUT2D eigenvalue weighted by molar-refractivity contribution is 7.09. The van der Waals surface area contributed by atoms with Gasteiger partial charge in [-0.25, -0.2) is 0 Å². The summed E-state index contributed by atoms with van der Waals surface area (Å²) in [6.45, 7) is 2.67. The van der Waals surface area contributed by atoms with E-state index in [-0.39, 0.29) is 5.91 Å². The molecule has 4 heteroatoms. The van der Waals surface area contributed by atoms with Gasteiger partial charge in [0.2, 0.25) is 0 Å². The average Bonchev–Trinajstić information content (AvgIpc) is 3.11. The third-order valence-corrected chi connectivity index (χ3v) is 4.36. The van der Waals surface area contributed by atoms with Crippen molar-refractivity contribution in [2.75, 3.05) is 5.73 Å². The Labute approximate surface area is 123 Å². The van der Waals surface area contributed by atoms with Crippen molar-refractivity contribution in [2.45, 2.75) is 32.4 Å². The van der Waals surface area contributed by atoms with Crippen LogP contribution in [0, 0.1) is 6.92 Å². The van der Waals surface area contributed by atoms with Crippen LogP contribution in [0.4, 0.5) is 5.69 Å². The summed E-state index contributed by atoms with van der Waals surface area (Å²) < 4.78 is 0. The van der Waals surface area contributed by atoms with Crippen molar-refractivity contribution in [2.24, 2.45) is 0 Å². The predicted octanol–water partition coefficient (Wildman–Crippen LogP) is 3.44. The molecule has 0 atom stereocenters. The second kappa shape index (κ2) is 5.29. The Morgan fingerprint density at radius 1 is 1.40 bits per heavy atom. The van der Waals surface area contributed by atoms with Crippen molar-refractivity contribution in [3.8, 4) is 0 Å². The zero-order valence-corrected chi connectivity index (χ0v) is 12.3. The van der Waals surface area contributed by atoms with Gasteiger partial charge in [-0.1, -0.05) is 6.07 Å². The van der Waals surface area contributed by atoms with E-state index in [1.54, 1.807) is 17.4 Å². The van der Waals surface area contributed by atoms with Crippen molar-refractivity contribution in [3.05, 3.63) is 51.7 Å². The average molecular weight is 286 g/mol. The van der Waals surface area contributed by atoms with E-state index in [0.29, 0.717) is 23.8 Å². The summed E-state index contributed by atoms with van der Waals surface area (Å²) in [6.07, 6.45) is 2.22. The van der Waals surface area contributed by atoms with Crippen LogP contribution in [0.1, 0.15) is 33.6 Å². The maximum absolute atomic E-state index is 12.7. The monoisotopic (exact) mass is 286 g/mol. The number of rotatable bonds is 4. The number of aryl methyl sites for hydroxylation is 1. The Morgan fingerprint density at radius 2 is 2.20 bits per heavy atom. The molecule has 1 amide bonds. The van der Waals surface area contributed by atoms with Gasteiger partial charge in [0, 0.05) is 22.2 Å². The largest absolute Gasteiger partial charge is 0.399 e. The van der Waals surface area contributed by atoms with Crippen LogP contribution in [-0.4, -0.2) is 16.8 Å². The Morgan fingerprint density at radius 3 is 2.80 bits per heavy atom. The van der Waals surface area contributed by atoms with Crippen LogP contribution < -0.4 is 5.73 Å². The molecular formula is C16H18N2OS. The number of thiophene rings is 1. The number of nitrogen functional groups attached to an aromatic ring is 1. The van der Waals surface area contributed by atoms with Crippen molar-refractivity contribution in [3.63, 3.8) is 0 Å². The van der Waals surface area contributed by atoms with E-state index in [2.05, 4.69) is 11.4 Å². The molecule has 3 nitrogen and oxygen atoms in total. The van der Waals surface area contributed by atoms with Gasteiger partial charge in [0.15, 0.2) is 0 Å². The lowest BCUT2D eigenvalue weighted by Gasteiger charge is -2.22. The zero-order chi connectivity index (χ0) is 14.1. The van der Waals surface area contributed by atoms with Gasteiger partial charge in [-0.2, -0.15) is 0 Å². The van der Waals surface area contributed by atoms with Crippen molar-refractivity contribution in [1.82, 2.24) is 4.90 Å². The van der Waals surface area contributed by atoms with Gasteiger partial charge >= 0.3 is 0 Å². The van der Waals surface area contributed by atoms with E-state index in [1.807, 2.05) is 30.0 Å². The molecule has 0 saturated heterocycles. The molecule has 2 aromatic rings. The molecule has 104 valence electrons. The summed E-state index contributed by atoms with van der Waals surface area (Å²) >= 11 is 1.70. The highest BCUT2D eigenvalue weighted by Gasteiger charge is 2.33. The Balaban J connectivity index is 1.85. The maximum Gasteiger partial charge on any atom is 0.254 e. The summed E-state index contributed by atoms with van der Waals surface area (Å²) in [4.78, 5) is 15.9. The van der Waals surface area contributed by atoms with Gasteiger partial charge in [-0.3, -0.25) is 4.79 Å². The molecule has 1 heterocycles. The lowest BCUT2D eigenvalue weighted by atomic mass is 10.1. The fraction of sp³-hybridized carbons (Fsp3) is 0.312. The van der Waals surface area contributed by atoms with Crippen LogP contribution in [0.25, 0.3) is 0 Å². The normalized spacial score (nSPS) is 14.2. The van der Waals surface area contributed by atoms with E-state index in [4.69, 9.17) is 5.73 Å². The molecule has 0 aliphatic heterocycles. The molecule has 1 aromatic heterocycles. The molecule has 0 unspecified atom stereocenters. The van der Waals surface area contributed by atoms with E-state index in [0.717, 1.165) is 18.4 Å². The minimum absolute atomic E-state index is 0.0938. The number of amides is 1. The summed E-state index contributed by atoms with van der Waals surface area (Å²) in [7, 11) is 0. The van der Waals surface area contributed by atoms with Crippen LogP contribution in [0.5, 0.6) is 0 Å². The van der Waals surface area contributed by atoms with Gasteiger partial charge in [-0.15, -0.1) is 11.3 Å². The fourth-order valence-corrected chi connectivity index (χ4v) is 3.13. The van der Waals surface area contributed by atoms with E-state index in [9.17, 15) is 4.79 Å². The fourth-order valence-electron chi connectivity index (χ4n) is 2.43. The molecule has 2 N–H and O–H groups in total. The first-order chi connectivity index (χ1) is 9.63. The van der Waals surface area contributed by atoms with Gasteiger partial charge in [0.25, 0.3) is 5.91 Å². The molecule has 0 radical (unpaired) electrons. The summed E-state index contributed by atoms with van der Waals surface area (Å²) in [5.74, 6) is 0.0938. The molecule has 1 fully saturated rings. The quantitative estimate of drug-likeness (QED) is 0.875. The number of nitrogens with zero attached hydrogens (tertiary/aromatic N) is 1. The molecule has 1 aliphatic carbocycles. The number of hydrogen-bond acceptors (Lipinski definition) is 3. The molecule has 1 aromatic carbocycles. The van der Waals surface area contributed by atoms with E-state index >= 15 is 0 Å². The number of anilines is 1. The highest BCUT2D eigenvalue weighted by Crippen LogP contribution is 2.31. The van der Waals surface area contributed by atoms with Crippen LogP contribution in [0.3, 0.4) is 0 Å². The van der Waals surface area contributed by atoms with Crippen molar-refractivity contribution in [1.29, 1.82) is 0 Å². The molecule has 0 spiro atoms. The first kappa shape index (κ1) is 13.2. The molecule has 0 bridgehead atoms. The summed E-state index contributed by atoms with van der Waals surface area (Å²) in [6, 6.07) is 10.1. The third-order valence-electron chi connectivity index (χ3n) is 3.50. The smallest absolute Gasteiger partial charge is 0.254 e. The van der Waals surface area contributed by atoms with Crippen molar-refractivity contribution >= 4 is 22.9 Å². The number of nitrogens with two attached hydrogens (primary N) is 1. The first-order valence-corrected chi connectivity index (χ1v) is 7.72. The lowest BCUT2D eigenvalue weighted by Crippen LogP contribution is -2.32. The van der Waals surface area contributed by atoms with Gasteiger partial charge in [0.1, 0.15) is 0 Å². The number of benzene rings is 1. The topological polar surface area (TPSA) is 46.3 Å². The molecule has 3 rings (SSSR count). The molecular weight excluding hydrogens is 268 g/mol. The van der Waals surface area contributed by atoms with E-state index < -0.39 is 0 Å². The van der Waals surface area contributed by atoms with Crippen LogP contribution in [0.15, 0.2) is 35.7 Å². The van der Waals surface area contributed by atoms with Crippen LogP contribution in [0.2, 0.25) is 0 Å². The SMILES string of the molecule is Cc1cc(N)cc(C(=O)N(Cc2cccs2)C2CC2)c1. The number of hydrogen-bond donors (Lipinski definition) is 1. The Bertz CT molecular complexity index is 597. The lowest BCUT2D eigenvalue weighted by molar-refractivity contribution is 0.0731. The summed E-state index contributed by atoms with van der Waals surface area (Å²) in [5.41, 5.74) is 8.24. The zero-order valence-electron chi connectivity index (χ0n) is 11.5. The highest BCUT2D eigenvalue weighted by atomic mass is 32.1. The summed E-state index contributed by atoms with van der Waals surface area (Å²) in [5, 5.41) is 2.05. The van der Waals surface area contributed by atoms with E-state index in [1.165, 1.54) is 4.88 Å².